The molecule has 0 aliphatic carbocycles. The first kappa shape index (κ1) is 12.4. The summed E-state index contributed by atoms with van der Waals surface area (Å²) >= 11 is 2.94. The fourth-order valence-corrected chi connectivity index (χ4v) is 1.35. The van der Waals surface area contributed by atoms with Crippen molar-refractivity contribution in [1.29, 1.82) is 0 Å². The summed E-state index contributed by atoms with van der Waals surface area (Å²) in [5, 5.41) is 0. The molecule has 15 heavy (non-hydrogen) atoms. The van der Waals surface area contributed by atoms with E-state index in [0.29, 0.717) is 4.47 Å². The normalized spacial score (nSPS) is 14.0. The van der Waals surface area contributed by atoms with Crippen molar-refractivity contribution < 1.29 is 17.6 Å². The van der Waals surface area contributed by atoms with Gasteiger partial charge in [-0.05, 0) is 22.0 Å². The number of hydrogen-bond donors (Lipinski definition) is 1. The Morgan fingerprint density at radius 3 is 2.53 bits per heavy atom. The smallest absolute Gasteiger partial charge is 0.322 e. The lowest BCUT2D eigenvalue weighted by Crippen LogP contribution is -2.22. The van der Waals surface area contributed by atoms with Crippen LogP contribution in [0.2, 0.25) is 0 Å². The zero-order valence-electron chi connectivity index (χ0n) is 7.35. The number of nitrogens with two attached hydrogens (primary N) is 1. The molecule has 84 valence electrons. The largest absolute Gasteiger partial charge is 0.390 e. The van der Waals surface area contributed by atoms with Crippen molar-refractivity contribution >= 4 is 15.9 Å². The van der Waals surface area contributed by atoms with Gasteiger partial charge in [-0.25, -0.2) is 4.39 Å². The van der Waals surface area contributed by atoms with E-state index in [1.54, 1.807) is 0 Å². The predicted octanol–water partition coefficient (Wildman–Crippen LogP) is 2.94. The van der Waals surface area contributed by atoms with E-state index in [-0.39, 0.29) is 5.69 Å². The zero-order valence-corrected chi connectivity index (χ0v) is 8.94. The van der Waals surface area contributed by atoms with Crippen molar-refractivity contribution in [1.82, 2.24) is 4.98 Å². The highest BCUT2D eigenvalue weighted by Crippen LogP contribution is 2.28. The van der Waals surface area contributed by atoms with Crippen molar-refractivity contribution in [3.05, 3.63) is 28.2 Å². The SMILES string of the molecule is N[C@H](CC(F)(F)F)c1ncc(Br)cc1F. The summed E-state index contributed by atoms with van der Waals surface area (Å²) in [6, 6.07) is -0.448. The van der Waals surface area contributed by atoms with Gasteiger partial charge in [0.1, 0.15) is 5.82 Å². The lowest BCUT2D eigenvalue weighted by molar-refractivity contribution is -0.138. The Labute approximate surface area is 91.6 Å². The Hall–Kier alpha value is -0.690. The molecule has 1 aromatic heterocycles. The van der Waals surface area contributed by atoms with Crippen molar-refractivity contribution in [3.8, 4) is 0 Å². The van der Waals surface area contributed by atoms with Crippen LogP contribution >= 0.6 is 15.9 Å². The molecular weight excluding hydrogens is 280 g/mol. The van der Waals surface area contributed by atoms with Gasteiger partial charge in [-0.15, -0.1) is 0 Å². The molecule has 0 radical (unpaired) electrons. The summed E-state index contributed by atoms with van der Waals surface area (Å²) in [6.07, 6.45) is -4.52. The van der Waals surface area contributed by atoms with Crippen LogP contribution in [-0.2, 0) is 0 Å². The molecule has 0 bridgehead atoms. The Kier molecular flexibility index (Phi) is 3.67. The van der Waals surface area contributed by atoms with Crippen molar-refractivity contribution in [2.45, 2.75) is 18.6 Å². The molecular formula is C8H7BrF4N2. The minimum absolute atomic E-state index is 0.350. The number of pyridine rings is 1. The molecule has 0 amide bonds. The maximum Gasteiger partial charge on any atom is 0.390 e. The minimum atomic E-state index is -4.43. The number of aromatic nitrogens is 1. The third-order valence-corrected chi connectivity index (χ3v) is 2.07. The van der Waals surface area contributed by atoms with Gasteiger partial charge in [-0.2, -0.15) is 13.2 Å². The van der Waals surface area contributed by atoms with E-state index in [1.165, 1.54) is 6.20 Å². The van der Waals surface area contributed by atoms with Gasteiger partial charge < -0.3 is 5.73 Å². The van der Waals surface area contributed by atoms with Crippen molar-refractivity contribution in [3.63, 3.8) is 0 Å². The summed E-state index contributed by atoms with van der Waals surface area (Å²) in [4.78, 5) is 3.52. The van der Waals surface area contributed by atoms with Gasteiger partial charge >= 0.3 is 6.18 Å². The van der Waals surface area contributed by atoms with Crippen LogP contribution in [0, 0.1) is 5.82 Å². The highest BCUT2D eigenvalue weighted by atomic mass is 79.9. The fraction of sp³-hybridized carbons (Fsp3) is 0.375. The molecule has 0 spiro atoms. The molecule has 1 aromatic rings. The molecule has 0 unspecified atom stereocenters. The standard InChI is InChI=1S/C8H7BrF4N2/c9-4-1-5(10)7(15-3-4)6(14)2-8(11,12)13/h1,3,6H,2,14H2/t6-/m1/s1. The molecule has 0 aliphatic heterocycles. The third-order valence-electron chi connectivity index (χ3n) is 1.64. The van der Waals surface area contributed by atoms with Crippen molar-refractivity contribution in [2.24, 2.45) is 5.73 Å². The predicted molar refractivity (Wildman–Crippen MR) is 49.5 cm³/mol. The van der Waals surface area contributed by atoms with E-state index < -0.39 is 24.5 Å². The van der Waals surface area contributed by atoms with Gasteiger partial charge in [0.05, 0.1) is 18.2 Å². The highest BCUT2D eigenvalue weighted by Gasteiger charge is 2.32. The summed E-state index contributed by atoms with van der Waals surface area (Å²) in [5.41, 5.74) is 4.82. The number of halogens is 5. The molecule has 1 atom stereocenters. The van der Waals surface area contributed by atoms with Crippen LogP contribution in [-0.4, -0.2) is 11.2 Å². The average molecular weight is 287 g/mol. The second kappa shape index (κ2) is 4.44. The zero-order chi connectivity index (χ0) is 11.6. The molecule has 1 heterocycles. The van der Waals surface area contributed by atoms with Crippen molar-refractivity contribution in [2.75, 3.05) is 0 Å². The minimum Gasteiger partial charge on any atom is -0.322 e. The second-order valence-electron chi connectivity index (χ2n) is 2.95. The van der Waals surface area contributed by atoms with Crippen LogP contribution < -0.4 is 5.73 Å². The van der Waals surface area contributed by atoms with Gasteiger partial charge in [0.2, 0.25) is 0 Å². The summed E-state index contributed by atoms with van der Waals surface area (Å²) < 4.78 is 49.4. The lowest BCUT2D eigenvalue weighted by Gasteiger charge is -2.14. The highest BCUT2D eigenvalue weighted by molar-refractivity contribution is 9.10. The first-order chi connectivity index (χ1) is 6.79. The lowest BCUT2D eigenvalue weighted by atomic mass is 10.1. The first-order valence-electron chi connectivity index (χ1n) is 3.93. The molecule has 0 aromatic carbocycles. The molecule has 0 fully saturated rings. The Morgan fingerprint density at radius 1 is 1.47 bits per heavy atom. The second-order valence-corrected chi connectivity index (χ2v) is 3.86. The number of rotatable bonds is 2. The van der Waals surface area contributed by atoms with Crippen LogP contribution in [0.25, 0.3) is 0 Å². The monoisotopic (exact) mass is 286 g/mol. The van der Waals surface area contributed by atoms with Crippen LogP contribution in [0.3, 0.4) is 0 Å². The molecule has 7 heteroatoms. The quantitative estimate of drug-likeness (QED) is 0.849. The molecule has 0 aliphatic rings. The molecule has 2 nitrogen and oxygen atoms in total. The van der Waals surface area contributed by atoms with E-state index in [4.69, 9.17) is 5.73 Å². The van der Waals surface area contributed by atoms with Gasteiger partial charge in [0.15, 0.2) is 0 Å². The van der Waals surface area contributed by atoms with Gasteiger partial charge in [0, 0.05) is 10.7 Å². The van der Waals surface area contributed by atoms with Crippen LogP contribution in [0.4, 0.5) is 17.6 Å². The summed E-state index contributed by atoms with van der Waals surface area (Å²) in [7, 11) is 0. The molecule has 0 saturated carbocycles. The number of nitrogens with zero attached hydrogens (tertiary/aromatic N) is 1. The fourth-order valence-electron chi connectivity index (χ4n) is 1.04. The van der Waals surface area contributed by atoms with Crippen LogP contribution in [0.15, 0.2) is 16.7 Å². The number of alkyl halides is 3. The van der Waals surface area contributed by atoms with Gasteiger partial charge in [-0.1, -0.05) is 0 Å². The van der Waals surface area contributed by atoms with E-state index in [2.05, 4.69) is 20.9 Å². The molecule has 1 rings (SSSR count). The maximum absolute atomic E-state index is 13.1. The third kappa shape index (κ3) is 3.75. The first-order valence-corrected chi connectivity index (χ1v) is 4.72. The molecule has 2 N–H and O–H groups in total. The summed E-state index contributed by atoms with van der Waals surface area (Å²) in [6.45, 7) is 0. The van der Waals surface area contributed by atoms with E-state index in [1.807, 2.05) is 0 Å². The Morgan fingerprint density at radius 2 is 2.07 bits per heavy atom. The van der Waals surface area contributed by atoms with Crippen LogP contribution in [0.5, 0.6) is 0 Å². The summed E-state index contributed by atoms with van der Waals surface area (Å²) in [5.74, 6) is -0.846. The van der Waals surface area contributed by atoms with Gasteiger partial charge in [0.25, 0.3) is 0 Å². The number of hydrogen-bond acceptors (Lipinski definition) is 2. The van der Waals surface area contributed by atoms with E-state index in [0.717, 1.165) is 6.07 Å². The topological polar surface area (TPSA) is 38.9 Å². The Bertz CT molecular complexity index is 353. The average Bonchev–Trinajstić information content (AvgIpc) is 1.99. The van der Waals surface area contributed by atoms with Gasteiger partial charge in [-0.3, -0.25) is 4.98 Å². The maximum atomic E-state index is 13.1. The van der Waals surface area contributed by atoms with Crippen LogP contribution in [0.1, 0.15) is 18.2 Å². The molecule has 0 saturated heterocycles. The Balaban J connectivity index is 2.87. The van der Waals surface area contributed by atoms with E-state index in [9.17, 15) is 17.6 Å². The van der Waals surface area contributed by atoms with E-state index >= 15 is 0 Å².